The third-order valence-electron chi connectivity index (χ3n) is 5.18. The van der Waals surface area contributed by atoms with E-state index in [1.807, 2.05) is 53.7 Å². The molecule has 1 amide bonds. The predicted molar refractivity (Wildman–Crippen MR) is 107 cm³/mol. The number of nitrogens with one attached hydrogen (secondary N) is 1. The lowest BCUT2D eigenvalue weighted by atomic mass is 10.1. The number of amides is 1. The highest BCUT2D eigenvalue weighted by atomic mass is 16.5. The van der Waals surface area contributed by atoms with E-state index in [1.165, 1.54) is 0 Å². The molecule has 0 radical (unpaired) electrons. The average molecular weight is 388 g/mol. The van der Waals surface area contributed by atoms with Crippen molar-refractivity contribution in [3.63, 3.8) is 0 Å². The molecular weight excluding hydrogens is 368 g/mol. The smallest absolute Gasteiger partial charge is 0.253 e. The van der Waals surface area contributed by atoms with Crippen molar-refractivity contribution in [2.45, 2.75) is 18.9 Å². The Morgan fingerprint density at radius 1 is 1.10 bits per heavy atom. The Kier molecular flexibility index (Phi) is 4.44. The fourth-order valence-corrected chi connectivity index (χ4v) is 3.62. The van der Waals surface area contributed by atoms with Crippen LogP contribution in [0.15, 0.2) is 61.1 Å². The van der Waals surface area contributed by atoms with Crippen LogP contribution in [0.5, 0.6) is 5.88 Å². The minimum Gasteiger partial charge on any atom is -0.473 e. The molecule has 1 fully saturated rings. The maximum absolute atomic E-state index is 12.8. The summed E-state index contributed by atoms with van der Waals surface area (Å²) in [5.74, 6) is 1.20. The van der Waals surface area contributed by atoms with E-state index in [1.54, 1.807) is 16.9 Å². The molecule has 8 heteroatoms. The third kappa shape index (κ3) is 3.56. The summed E-state index contributed by atoms with van der Waals surface area (Å²) in [6.07, 6.45) is 6.94. The molecule has 29 heavy (non-hydrogen) atoms. The van der Waals surface area contributed by atoms with Gasteiger partial charge >= 0.3 is 0 Å². The van der Waals surface area contributed by atoms with Crippen LogP contribution in [0.2, 0.25) is 0 Å². The highest BCUT2D eigenvalue weighted by Gasteiger charge is 2.25. The highest BCUT2D eigenvalue weighted by molar-refractivity contribution is 5.98. The first-order chi connectivity index (χ1) is 14.3. The number of carbonyl (C=O) groups is 1. The molecule has 1 N–H and O–H groups in total. The second-order valence-electron chi connectivity index (χ2n) is 7.07. The van der Waals surface area contributed by atoms with Crippen LogP contribution in [0.25, 0.3) is 16.7 Å². The molecule has 0 bridgehead atoms. The number of H-pyrrole nitrogens is 1. The summed E-state index contributed by atoms with van der Waals surface area (Å²) in [4.78, 5) is 17.9. The molecule has 0 atom stereocenters. The zero-order chi connectivity index (χ0) is 19.6. The summed E-state index contributed by atoms with van der Waals surface area (Å²) in [6.45, 7) is 1.32. The monoisotopic (exact) mass is 388 g/mol. The second kappa shape index (κ2) is 7.38. The normalized spacial score (nSPS) is 15.0. The lowest BCUT2D eigenvalue weighted by molar-refractivity contribution is 0.0586. The van der Waals surface area contributed by atoms with Gasteiger partial charge in [-0.15, -0.1) is 10.2 Å². The second-order valence-corrected chi connectivity index (χ2v) is 7.07. The van der Waals surface area contributed by atoms with Gasteiger partial charge in [0, 0.05) is 67.1 Å². The zero-order valence-electron chi connectivity index (χ0n) is 15.7. The van der Waals surface area contributed by atoms with E-state index in [-0.39, 0.29) is 12.0 Å². The van der Waals surface area contributed by atoms with Gasteiger partial charge in [-0.2, -0.15) is 5.10 Å². The number of rotatable bonds is 4. The van der Waals surface area contributed by atoms with Gasteiger partial charge in [-0.25, -0.2) is 4.68 Å². The average Bonchev–Trinajstić information content (AvgIpc) is 3.46. The van der Waals surface area contributed by atoms with Crippen LogP contribution < -0.4 is 4.74 Å². The number of benzene rings is 1. The predicted octanol–water partition coefficient (Wildman–Crippen LogP) is 2.83. The molecule has 146 valence electrons. The summed E-state index contributed by atoms with van der Waals surface area (Å²) in [5, 5.41) is 13.5. The van der Waals surface area contributed by atoms with Crippen molar-refractivity contribution >= 4 is 16.8 Å². The number of ether oxygens (including phenoxy) is 1. The molecule has 1 aliphatic heterocycles. The molecular formula is C21H20N6O2. The highest BCUT2D eigenvalue weighted by Crippen LogP contribution is 2.21. The van der Waals surface area contributed by atoms with Crippen molar-refractivity contribution in [1.29, 1.82) is 0 Å². The van der Waals surface area contributed by atoms with Crippen molar-refractivity contribution < 1.29 is 9.53 Å². The summed E-state index contributed by atoms with van der Waals surface area (Å²) in [7, 11) is 0. The van der Waals surface area contributed by atoms with Crippen molar-refractivity contribution in [1.82, 2.24) is 29.9 Å². The van der Waals surface area contributed by atoms with Crippen molar-refractivity contribution in [3.8, 4) is 11.7 Å². The number of likely N-dealkylation sites (tertiary alicyclic amines) is 1. The fraction of sp³-hybridized carbons (Fsp3) is 0.238. The molecule has 5 rings (SSSR count). The van der Waals surface area contributed by atoms with E-state index in [2.05, 4.69) is 20.3 Å². The maximum Gasteiger partial charge on any atom is 0.253 e. The zero-order valence-corrected chi connectivity index (χ0v) is 15.7. The Morgan fingerprint density at radius 3 is 2.76 bits per heavy atom. The summed E-state index contributed by atoms with van der Waals surface area (Å²) in [6, 6.07) is 13.2. The molecule has 1 saturated heterocycles. The van der Waals surface area contributed by atoms with Gasteiger partial charge in [-0.3, -0.25) is 4.79 Å². The third-order valence-corrected chi connectivity index (χ3v) is 5.18. The minimum atomic E-state index is 0.0241. The number of aromatic amines is 1. The van der Waals surface area contributed by atoms with Gasteiger partial charge in [-0.1, -0.05) is 0 Å². The molecule has 0 saturated carbocycles. The summed E-state index contributed by atoms with van der Waals surface area (Å²) in [5.41, 5.74) is 1.75. The van der Waals surface area contributed by atoms with Crippen LogP contribution in [0.3, 0.4) is 0 Å². The van der Waals surface area contributed by atoms with E-state index >= 15 is 0 Å². The fourth-order valence-electron chi connectivity index (χ4n) is 3.62. The Labute approximate surface area is 167 Å². The van der Waals surface area contributed by atoms with Gasteiger partial charge in [0.15, 0.2) is 5.82 Å². The molecule has 4 heterocycles. The molecule has 4 aromatic rings. The summed E-state index contributed by atoms with van der Waals surface area (Å²) < 4.78 is 7.61. The maximum atomic E-state index is 12.8. The number of fused-ring (bicyclic) bond motifs is 1. The van der Waals surface area contributed by atoms with Crippen LogP contribution in [0.4, 0.5) is 0 Å². The number of piperidine rings is 1. The number of hydrogen-bond acceptors (Lipinski definition) is 5. The first-order valence-corrected chi connectivity index (χ1v) is 9.63. The van der Waals surface area contributed by atoms with Gasteiger partial charge in [0.2, 0.25) is 5.88 Å². The van der Waals surface area contributed by atoms with Crippen LogP contribution in [0.1, 0.15) is 23.2 Å². The first-order valence-electron chi connectivity index (χ1n) is 9.63. The van der Waals surface area contributed by atoms with E-state index in [0.717, 1.165) is 29.3 Å². The largest absolute Gasteiger partial charge is 0.473 e. The van der Waals surface area contributed by atoms with Gasteiger partial charge in [0.05, 0.1) is 0 Å². The van der Waals surface area contributed by atoms with E-state index in [9.17, 15) is 4.79 Å². The Hall–Kier alpha value is -3.68. The molecule has 0 unspecified atom stereocenters. The van der Waals surface area contributed by atoms with Gasteiger partial charge < -0.3 is 14.6 Å². The van der Waals surface area contributed by atoms with Crippen LogP contribution >= 0.6 is 0 Å². The lowest BCUT2D eigenvalue weighted by Crippen LogP contribution is -2.41. The Morgan fingerprint density at radius 2 is 2.00 bits per heavy atom. The summed E-state index contributed by atoms with van der Waals surface area (Å²) >= 11 is 0. The minimum absolute atomic E-state index is 0.0241. The van der Waals surface area contributed by atoms with Crippen molar-refractivity contribution in [2.24, 2.45) is 0 Å². The lowest BCUT2D eigenvalue weighted by Gasteiger charge is -2.32. The quantitative estimate of drug-likeness (QED) is 0.581. The molecule has 0 aliphatic carbocycles. The Bertz CT molecular complexity index is 1110. The number of aromatic nitrogens is 5. The van der Waals surface area contributed by atoms with Crippen LogP contribution in [-0.2, 0) is 0 Å². The van der Waals surface area contributed by atoms with Gasteiger partial charge in [-0.05, 0) is 36.4 Å². The Balaban J connectivity index is 1.18. The topological polar surface area (TPSA) is 88.9 Å². The number of carbonyl (C=O) groups excluding carboxylic acids is 1. The number of hydrogen-bond donors (Lipinski definition) is 1. The van der Waals surface area contributed by atoms with Crippen LogP contribution in [0, 0.1) is 0 Å². The van der Waals surface area contributed by atoms with Gasteiger partial charge in [0.25, 0.3) is 5.91 Å². The SMILES string of the molecule is O=C(c1ccc2[nH]ccc2c1)N1CCC(Oc2ccc(-n3cccn3)nn2)CC1. The van der Waals surface area contributed by atoms with E-state index in [0.29, 0.717) is 24.8 Å². The van der Waals surface area contributed by atoms with Crippen LogP contribution in [-0.4, -0.2) is 55.0 Å². The molecule has 3 aromatic heterocycles. The molecule has 0 spiro atoms. The first kappa shape index (κ1) is 17.4. The van der Waals surface area contributed by atoms with E-state index in [4.69, 9.17) is 4.74 Å². The molecule has 1 aromatic carbocycles. The van der Waals surface area contributed by atoms with Crippen molar-refractivity contribution in [2.75, 3.05) is 13.1 Å². The van der Waals surface area contributed by atoms with Crippen molar-refractivity contribution in [3.05, 3.63) is 66.6 Å². The van der Waals surface area contributed by atoms with Gasteiger partial charge in [0.1, 0.15) is 6.10 Å². The standard InChI is InChI=1S/C21H20N6O2/c28-21(16-2-3-18-15(14-16)6-10-22-18)26-12-7-17(8-13-26)29-20-5-4-19(24-25-20)27-11-1-9-23-27/h1-6,9-11,14,17,22H,7-8,12-13H2. The van der Waals surface area contributed by atoms with E-state index < -0.39 is 0 Å². The number of nitrogens with zero attached hydrogens (tertiary/aromatic N) is 5. The molecule has 8 nitrogen and oxygen atoms in total. The molecule has 1 aliphatic rings.